The zero-order valence-corrected chi connectivity index (χ0v) is 9.77. The molecule has 1 heterocycles. The van der Waals surface area contributed by atoms with Gasteiger partial charge in [0.1, 0.15) is 0 Å². The molecule has 5 heteroatoms. The third-order valence-electron chi connectivity index (χ3n) is 2.32. The molecule has 2 unspecified atom stereocenters. The van der Waals surface area contributed by atoms with Crippen molar-refractivity contribution in [3.63, 3.8) is 0 Å². The van der Waals surface area contributed by atoms with E-state index in [9.17, 15) is 0 Å². The predicted octanol–water partition coefficient (Wildman–Crippen LogP) is 1.58. The van der Waals surface area contributed by atoms with E-state index in [1.807, 2.05) is 18.2 Å². The van der Waals surface area contributed by atoms with Gasteiger partial charge in [0.15, 0.2) is 0 Å². The van der Waals surface area contributed by atoms with Crippen LogP contribution in [-0.2, 0) is 0 Å². The Balaban J connectivity index is 2.31. The first-order chi connectivity index (χ1) is 6.68. The molecule has 1 aromatic carbocycles. The van der Waals surface area contributed by atoms with Gasteiger partial charge in [-0.25, -0.2) is 5.43 Å². The van der Waals surface area contributed by atoms with Crippen molar-refractivity contribution in [1.82, 2.24) is 10.9 Å². The highest BCUT2D eigenvalue weighted by molar-refractivity contribution is 9.10. The van der Waals surface area contributed by atoms with Gasteiger partial charge in [-0.2, -0.15) is 0 Å². The Bertz CT molecular complexity index is 345. The Kier molecular flexibility index (Phi) is 3.09. The largest absolute Gasteiger partial charge is 0.325 e. The van der Waals surface area contributed by atoms with Gasteiger partial charge in [-0.3, -0.25) is 5.43 Å². The lowest BCUT2D eigenvalue weighted by Gasteiger charge is -2.16. The first-order valence-electron chi connectivity index (χ1n) is 4.37. The van der Waals surface area contributed by atoms with Crippen LogP contribution in [0.25, 0.3) is 0 Å². The van der Waals surface area contributed by atoms with Crippen molar-refractivity contribution in [3.8, 4) is 0 Å². The minimum Gasteiger partial charge on any atom is -0.325 e. The summed E-state index contributed by atoms with van der Waals surface area (Å²) >= 11 is 9.49. The van der Waals surface area contributed by atoms with Crippen molar-refractivity contribution >= 4 is 27.5 Å². The van der Waals surface area contributed by atoms with Crippen LogP contribution in [0.5, 0.6) is 0 Å². The molecular formula is C9H11BrClN3. The Morgan fingerprint density at radius 3 is 2.86 bits per heavy atom. The van der Waals surface area contributed by atoms with Crippen LogP contribution in [0.4, 0.5) is 0 Å². The number of hydrazine groups is 1. The van der Waals surface area contributed by atoms with E-state index < -0.39 is 0 Å². The summed E-state index contributed by atoms with van der Waals surface area (Å²) in [5.74, 6) is 0. The van der Waals surface area contributed by atoms with Gasteiger partial charge in [0.05, 0.1) is 6.04 Å². The van der Waals surface area contributed by atoms with Crippen molar-refractivity contribution in [1.29, 1.82) is 0 Å². The lowest BCUT2D eigenvalue weighted by molar-refractivity contribution is 0.551. The van der Waals surface area contributed by atoms with Crippen LogP contribution in [-0.4, -0.2) is 12.6 Å². The quantitative estimate of drug-likeness (QED) is 0.730. The van der Waals surface area contributed by atoms with E-state index in [4.69, 9.17) is 17.3 Å². The first kappa shape index (κ1) is 10.4. The molecule has 3 nitrogen and oxygen atoms in total. The summed E-state index contributed by atoms with van der Waals surface area (Å²) in [4.78, 5) is 0. The number of halogens is 2. The van der Waals surface area contributed by atoms with Gasteiger partial charge < -0.3 is 5.73 Å². The van der Waals surface area contributed by atoms with Crippen LogP contribution >= 0.6 is 27.5 Å². The molecule has 1 aliphatic heterocycles. The maximum Gasteiger partial charge on any atom is 0.0640 e. The summed E-state index contributed by atoms with van der Waals surface area (Å²) in [5.41, 5.74) is 13.1. The number of benzene rings is 1. The fourth-order valence-corrected chi connectivity index (χ4v) is 2.36. The van der Waals surface area contributed by atoms with E-state index in [1.54, 1.807) is 0 Å². The summed E-state index contributed by atoms with van der Waals surface area (Å²) < 4.78 is 0.978. The lowest BCUT2D eigenvalue weighted by atomic mass is 10.0. The van der Waals surface area contributed by atoms with E-state index in [-0.39, 0.29) is 12.1 Å². The van der Waals surface area contributed by atoms with Crippen LogP contribution in [0.1, 0.15) is 11.6 Å². The number of rotatable bonds is 1. The highest BCUT2D eigenvalue weighted by atomic mass is 79.9. The molecule has 1 aromatic rings. The zero-order chi connectivity index (χ0) is 10.1. The molecule has 0 aliphatic carbocycles. The summed E-state index contributed by atoms with van der Waals surface area (Å²) in [5, 5.41) is 0.732. The average Bonchev–Trinajstić information content (AvgIpc) is 2.52. The van der Waals surface area contributed by atoms with E-state index in [2.05, 4.69) is 26.8 Å². The van der Waals surface area contributed by atoms with Gasteiger partial charge in [0.2, 0.25) is 0 Å². The number of nitrogens with two attached hydrogens (primary N) is 1. The number of hydrogen-bond acceptors (Lipinski definition) is 3. The molecule has 1 saturated heterocycles. The Morgan fingerprint density at radius 1 is 1.50 bits per heavy atom. The molecule has 0 spiro atoms. The normalized spacial score (nSPS) is 26.8. The van der Waals surface area contributed by atoms with E-state index in [0.717, 1.165) is 21.6 Å². The SMILES string of the molecule is NC1CNNC1c1ccc(Br)cc1Cl. The fraction of sp³-hybridized carbons (Fsp3) is 0.333. The fourth-order valence-electron chi connectivity index (χ4n) is 1.57. The second kappa shape index (κ2) is 4.16. The second-order valence-electron chi connectivity index (χ2n) is 3.33. The topological polar surface area (TPSA) is 50.1 Å². The zero-order valence-electron chi connectivity index (χ0n) is 7.43. The third kappa shape index (κ3) is 1.94. The van der Waals surface area contributed by atoms with E-state index >= 15 is 0 Å². The average molecular weight is 277 g/mol. The summed E-state index contributed by atoms with van der Waals surface area (Å²) in [6.07, 6.45) is 0. The lowest BCUT2D eigenvalue weighted by Crippen LogP contribution is -2.30. The van der Waals surface area contributed by atoms with Crippen molar-refractivity contribution < 1.29 is 0 Å². The Labute approximate surface area is 96.1 Å². The van der Waals surface area contributed by atoms with Crippen molar-refractivity contribution in [2.24, 2.45) is 5.73 Å². The van der Waals surface area contributed by atoms with Crippen molar-refractivity contribution in [3.05, 3.63) is 33.3 Å². The number of nitrogens with one attached hydrogen (secondary N) is 2. The molecule has 0 aromatic heterocycles. The molecule has 0 radical (unpaired) electrons. The van der Waals surface area contributed by atoms with Crippen LogP contribution in [0.15, 0.2) is 22.7 Å². The highest BCUT2D eigenvalue weighted by Gasteiger charge is 2.26. The van der Waals surface area contributed by atoms with Crippen LogP contribution in [0, 0.1) is 0 Å². The molecule has 0 saturated carbocycles. The van der Waals surface area contributed by atoms with E-state index in [0.29, 0.717) is 0 Å². The summed E-state index contributed by atoms with van der Waals surface area (Å²) in [6.45, 7) is 0.761. The van der Waals surface area contributed by atoms with Gasteiger partial charge in [0.25, 0.3) is 0 Å². The first-order valence-corrected chi connectivity index (χ1v) is 5.54. The molecule has 14 heavy (non-hydrogen) atoms. The second-order valence-corrected chi connectivity index (χ2v) is 4.66. The van der Waals surface area contributed by atoms with Gasteiger partial charge in [-0.1, -0.05) is 33.6 Å². The predicted molar refractivity (Wildman–Crippen MR) is 61.0 cm³/mol. The molecule has 1 aliphatic rings. The van der Waals surface area contributed by atoms with Gasteiger partial charge in [-0.05, 0) is 17.7 Å². The van der Waals surface area contributed by atoms with Gasteiger partial charge in [-0.15, -0.1) is 0 Å². The van der Waals surface area contributed by atoms with Crippen LogP contribution < -0.4 is 16.6 Å². The maximum atomic E-state index is 6.12. The maximum absolute atomic E-state index is 6.12. The van der Waals surface area contributed by atoms with E-state index in [1.165, 1.54) is 0 Å². The molecule has 0 bridgehead atoms. The molecule has 4 N–H and O–H groups in total. The monoisotopic (exact) mass is 275 g/mol. The Morgan fingerprint density at radius 2 is 2.29 bits per heavy atom. The molecule has 76 valence electrons. The van der Waals surface area contributed by atoms with Gasteiger partial charge >= 0.3 is 0 Å². The standard InChI is InChI=1S/C9H11BrClN3/c10-5-1-2-6(7(11)3-5)9-8(12)4-13-14-9/h1-3,8-9,13-14H,4,12H2. The molecule has 1 fully saturated rings. The van der Waals surface area contributed by atoms with Crippen molar-refractivity contribution in [2.75, 3.05) is 6.54 Å². The molecule has 2 atom stereocenters. The minimum absolute atomic E-state index is 0.0636. The third-order valence-corrected chi connectivity index (χ3v) is 3.14. The highest BCUT2D eigenvalue weighted by Crippen LogP contribution is 2.28. The molecule has 0 amide bonds. The minimum atomic E-state index is 0.0636. The van der Waals surface area contributed by atoms with Crippen LogP contribution in [0.3, 0.4) is 0 Å². The smallest absolute Gasteiger partial charge is 0.0640 e. The Hall–Kier alpha value is -0.130. The molecule has 2 rings (SSSR count). The van der Waals surface area contributed by atoms with Crippen LogP contribution in [0.2, 0.25) is 5.02 Å². The summed E-state index contributed by atoms with van der Waals surface area (Å²) in [6, 6.07) is 5.98. The molecular weight excluding hydrogens is 265 g/mol. The van der Waals surface area contributed by atoms with Crippen molar-refractivity contribution in [2.45, 2.75) is 12.1 Å². The summed E-state index contributed by atoms with van der Waals surface area (Å²) in [7, 11) is 0. The van der Waals surface area contributed by atoms with Gasteiger partial charge in [0, 0.05) is 22.1 Å². The number of hydrogen-bond donors (Lipinski definition) is 3.